The van der Waals surface area contributed by atoms with Gasteiger partial charge in [0, 0.05) is 12.6 Å². The van der Waals surface area contributed by atoms with E-state index in [1.165, 1.54) is 12.1 Å². The molecule has 6 nitrogen and oxygen atoms in total. The number of ether oxygens (including phenoxy) is 2. The van der Waals surface area contributed by atoms with Crippen LogP contribution in [0.2, 0.25) is 0 Å². The van der Waals surface area contributed by atoms with Crippen LogP contribution in [0.4, 0.5) is 8.78 Å². The highest BCUT2D eigenvalue weighted by Gasteiger charge is 2.32. The number of aromatic nitrogens is 1. The molecule has 0 aliphatic carbocycles. The minimum atomic E-state index is -0.816. The third-order valence-electron chi connectivity index (χ3n) is 5.05. The summed E-state index contributed by atoms with van der Waals surface area (Å²) in [6.45, 7) is 0.345. The van der Waals surface area contributed by atoms with E-state index >= 15 is 0 Å². The lowest BCUT2D eigenvalue weighted by atomic mass is 10.0. The number of hydrogen-bond donors (Lipinski definition) is 0. The number of rotatable bonds is 6. The molecular formula is C22H20F2N2O4. The fraction of sp³-hybridized carbons (Fsp3) is 0.273. The molecule has 1 aromatic heterocycles. The van der Waals surface area contributed by atoms with Gasteiger partial charge in [0.15, 0.2) is 28.8 Å². The number of halogens is 2. The smallest absolute Gasteiger partial charge is 0.276 e. The van der Waals surface area contributed by atoms with Crippen LogP contribution < -0.4 is 9.47 Å². The maximum absolute atomic E-state index is 13.7. The van der Waals surface area contributed by atoms with E-state index in [4.69, 9.17) is 14.0 Å². The molecule has 1 atom stereocenters. The van der Waals surface area contributed by atoms with Crippen LogP contribution in [-0.4, -0.2) is 29.6 Å². The fourth-order valence-electron chi connectivity index (χ4n) is 3.60. The normalized spacial score (nSPS) is 16.0. The number of carbonyl (C=O) groups is 1. The van der Waals surface area contributed by atoms with Gasteiger partial charge in [-0.15, -0.1) is 0 Å². The number of benzene rings is 2. The maximum Gasteiger partial charge on any atom is 0.276 e. The van der Waals surface area contributed by atoms with Crippen molar-refractivity contribution in [1.82, 2.24) is 10.1 Å². The van der Waals surface area contributed by atoms with Crippen molar-refractivity contribution < 1.29 is 27.6 Å². The van der Waals surface area contributed by atoms with Crippen LogP contribution in [0.1, 0.15) is 40.7 Å². The van der Waals surface area contributed by atoms with E-state index in [9.17, 15) is 13.6 Å². The molecular weight excluding hydrogens is 394 g/mol. The first kappa shape index (κ1) is 19.9. The second-order valence-electron chi connectivity index (χ2n) is 6.95. The second-order valence-corrected chi connectivity index (χ2v) is 6.95. The van der Waals surface area contributed by atoms with Crippen molar-refractivity contribution in [3.8, 4) is 11.5 Å². The fourth-order valence-corrected chi connectivity index (χ4v) is 3.60. The largest absolute Gasteiger partial charge is 0.497 e. The Morgan fingerprint density at radius 1 is 1.20 bits per heavy atom. The monoisotopic (exact) mass is 414 g/mol. The number of methoxy groups -OCH3 is 1. The molecule has 30 heavy (non-hydrogen) atoms. The second kappa shape index (κ2) is 8.52. The van der Waals surface area contributed by atoms with Crippen LogP contribution in [0.5, 0.6) is 11.5 Å². The molecule has 0 radical (unpaired) electrons. The van der Waals surface area contributed by atoms with Crippen molar-refractivity contribution in [2.75, 3.05) is 13.7 Å². The van der Waals surface area contributed by atoms with Crippen LogP contribution in [-0.2, 0) is 6.61 Å². The van der Waals surface area contributed by atoms with Gasteiger partial charge in [-0.3, -0.25) is 4.79 Å². The Morgan fingerprint density at radius 2 is 1.97 bits per heavy atom. The number of likely N-dealkylation sites (tertiary alicyclic amines) is 1. The molecule has 2 heterocycles. The maximum atomic E-state index is 13.7. The summed E-state index contributed by atoms with van der Waals surface area (Å²) in [5.41, 5.74) is 1.11. The number of hydrogen-bond acceptors (Lipinski definition) is 5. The van der Waals surface area contributed by atoms with E-state index < -0.39 is 17.4 Å². The summed E-state index contributed by atoms with van der Waals surface area (Å²) in [6.07, 6.45) is 1.70. The van der Waals surface area contributed by atoms with Crippen LogP contribution in [0.15, 0.2) is 53.1 Å². The molecule has 1 fully saturated rings. The molecule has 1 unspecified atom stereocenters. The third-order valence-corrected chi connectivity index (χ3v) is 5.05. The van der Waals surface area contributed by atoms with Crippen LogP contribution in [0, 0.1) is 11.6 Å². The summed E-state index contributed by atoms with van der Waals surface area (Å²) >= 11 is 0. The summed E-state index contributed by atoms with van der Waals surface area (Å²) in [5.74, 6) is -1.48. The molecule has 3 aromatic rings. The van der Waals surface area contributed by atoms with Gasteiger partial charge in [-0.05, 0) is 42.7 Å². The molecule has 2 aromatic carbocycles. The first-order valence-corrected chi connectivity index (χ1v) is 9.54. The first-order chi connectivity index (χ1) is 14.6. The lowest BCUT2D eigenvalue weighted by molar-refractivity contribution is 0.0724. The highest BCUT2D eigenvalue weighted by molar-refractivity contribution is 5.92. The molecule has 156 valence electrons. The summed E-state index contributed by atoms with van der Waals surface area (Å²) in [5, 5.41) is 3.82. The Morgan fingerprint density at radius 3 is 2.73 bits per heavy atom. The average Bonchev–Trinajstić information content (AvgIpc) is 3.43. The summed E-state index contributed by atoms with van der Waals surface area (Å²) < 4.78 is 42.9. The highest BCUT2D eigenvalue weighted by Crippen LogP contribution is 2.34. The zero-order valence-corrected chi connectivity index (χ0v) is 16.3. The zero-order chi connectivity index (χ0) is 21.1. The van der Waals surface area contributed by atoms with E-state index in [0.29, 0.717) is 6.54 Å². The summed E-state index contributed by atoms with van der Waals surface area (Å²) in [6, 6.07) is 12.4. The minimum Gasteiger partial charge on any atom is -0.497 e. The van der Waals surface area contributed by atoms with Gasteiger partial charge < -0.3 is 18.9 Å². The Balaban J connectivity index is 1.46. The molecule has 1 aliphatic rings. The Bertz CT molecular complexity index is 1030. The van der Waals surface area contributed by atoms with E-state index in [0.717, 1.165) is 36.3 Å². The predicted molar refractivity (Wildman–Crippen MR) is 103 cm³/mol. The molecule has 1 aliphatic heterocycles. The summed E-state index contributed by atoms with van der Waals surface area (Å²) in [7, 11) is 1.60. The number of amides is 1. The van der Waals surface area contributed by atoms with Crippen molar-refractivity contribution in [3.63, 3.8) is 0 Å². The first-order valence-electron chi connectivity index (χ1n) is 9.54. The lowest BCUT2D eigenvalue weighted by Crippen LogP contribution is -2.30. The number of para-hydroxylation sites is 1. The Labute approximate surface area is 172 Å². The van der Waals surface area contributed by atoms with Gasteiger partial charge in [0.25, 0.3) is 5.91 Å². The molecule has 0 bridgehead atoms. The average molecular weight is 414 g/mol. The topological polar surface area (TPSA) is 64.8 Å². The molecule has 8 heteroatoms. The lowest BCUT2D eigenvalue weighted by Gasteiger charge is -2.24. The van der Waals surface area contributed by atoms with E-state index in [2.05, 4.69) is 5.16 Å². The van der Waals surface area contributed by atoms with Gasteiger partial charge in [0.05, 0.1) is 13.2 Å². The van der Waals surface area contributed by atoms with Crippen molar-refractivity contribution >= 4 is 5.91 Å². The molecule has 1 amide bonds. The molecule has 4 rings (SSSR count). The van der Waals surface area contributed by atoms with Gasteiger partial charge in [-0.1, -0.05) is 23.4 Å². The molecule has 0 saturated carbocycles. The van der Waals surface area contributed by atoms with Crippen molar-refractivity contribution in [2.24, 2.45) is 0 Å². The molecule has 0 spiro atoms. The van der Waals surface area contributed by atoms with Gasteiger partial charge in [0.2, 0.25) is 0 Å². The number of nitrogens with zero attached hydrogens (tertiary/aromatic N) is 2. The van der Waals surface area contributed by atoms with Crippen LogP contribution in [0.25, 0.3) is 0 Å². The molecule has 1 saturated heterocycles. The van der Waals surface area contributed by atoms with Crippen molar-refractivity contribution in [2.45, 2.75) is 25.5 Å². The molecule has 0 N–H and O–H groups in total. The third kappa shape index (κ3) is 3.98. The zero-order valence-electron chi connectivity index (χ0n) is 16.3. The van der Waals surface area contributed by atoms with Gasteiger partial charge in [0.1, 0.15) is 12.4 Å². The Hall–Kier alpha value is -3.42. The van der Waals surface area contributed by atoms with Crippen LogP contribution >= 0.6 is 0 Å². The Kier molecular flexibility index (Phi) is 5.65. The summed E-state index contributed by atoms with van der Waals surface area (Å²) in [4.78, 5) is 14.7. The van der Waals surface area contributed by atoms with E-state index in [-0.39, 0.29) is 30.0 Å². The van der Waals surface area contributed by atoms with Crippen molar-refractivity contribution in [1.29, 1.82) is 0 Å². The minimum absolute atomic E-state index is 0.0866. The van der Waals surface area contributed by atoms with Crippen LogP contribution in [0.3, 0.4) is 0 Å². The quantitative estimate of drug-likeness (QED) is 0.594. The SMILES string of the molecule is COc1cccc(C2CCCN2C(=O)c2cc(COc3c(F)cccc3F)on2)c1. The standard InChI is InChI=1S/C22H20F2N2O4/c1-28-15-6-2-5-14(11-15)20-9-4-10-26(20)22(27)19-12-16(30-25-19)13-29-21-17(23)7-3-8-18(21)24/h2-3,5-8,11-12,20H,4,9-10,13H2,1H3. The predicted octanol–water partition coefficient (Wildman–Crippen LogP) is 4.52. The van der Waals surface area contributed by atoms with Gasteiger partial charge in [-0.25, -0.2) is 8.78 Å². The van der Waals surface area contributed by atoms with Crippen molar-refractivity contribution in [3.05, 3.63) is 77.2 Å². The highest BCUT2D eigenvalue weighted by atomic mass is 19.1. The van der Waals surface area contributed by atoms with E-state index in [1.807, 2.05) is 24.3 Å². The number of carbonyl (C=O) groups excluding carboxylic acids is 1. The van der Waals surface area contributed by atoms with E-state index in [1.54, 1.807) is 12.0 Å². The van der Waals surface area contributed by atoms with Gasteiger partial charge in [-0.2, -0.15) is 0 Å². The van der Waals surface area contributed by atoms with Gasteiger partial charge >= 0.3 is 0 Å².